The summed E-state index contributed by atoms with van der Waals surface area (Å²) < 4.78 is 11.5. The van der Waals surface area contributed by atoms with Crippen LogP contribution in [0.2, 0.25) is 0 Å². The van der Waals surface area contributed by atoms with E-state index < -0.39 is 0 Å². The van der Waals surface area contributed by atoms with E-state index in [1.54, 1.807) is 25.6 Å². The molecule has 1 unspecified atom stereocenters. The second kappa shape index (κ2) is 5.95. The fourth-order valence-corrected chi connectivity index (χ4v) is 2.42. The number of anilines is 1. The number of benzene rings is 1. The Labute approximate surface area is 105 Å². The van der Waals surface area contributed by atoms with Crippen LogP contribution >= 0.6 is 11.3 Å². The molecule has 0 saturated heterocycles. The Balaban J connectivity index is 1.98. The Morgan fingerprint density at radius 1 is 1.35 bits per heavy atom. The lowest BCUT2D eigenvalue weighted by Crippen LogP contribution is -2.26. The minimum absolute atomic E-state index is 0.0482. The van der Waals surface area contributed by atoms with E-state index >= 15 is 0 Å². The summed E-state index contributed by atoms with van der Waals surface area (Å²) in [6.45, 7) is 1.28. The van der Waals surface area contributed by atoms with E-state index in [1.165, 1.54) is 4.70 Å². The maximum atomic E-state index is 5.28. The second-order valence-electron chi connectivity index (χ2n) is 3.68. The highest BCUT2D eigenvalue weighted by molar-refractivity contribution is 7.22. The number of hydrogen-bond donors (Lipinski definition) is 1. The van der Waals surface area contributed by atoms with Crippen LogP contribution in [0.3, 0.4) is 0 Å². The Kier molecular flexibility index (Phi) is 4.30. The Morgan fingerprint density at radius 3 is 2.88 bits per heavy atom. The molecule has 1 atom stereocenters. The zero-order chi connectivity index (χ0) is 12.1. The lowest BCUT2D eigenvalue weighted by Gasteiger charge is -2.14. The highest BCUT2D eigenvalue weighted by Crippen LogP contribution is 2.25. The van der Waals surface area contributed by atoms with Crippen molar-refractivity contribution in [3.63, 3.8) is 0 Å². The molecule has 17 heavy (non-hydrogen) atoms. The zero-order valence-electron chi connectivity index (χ0n) is 9.97. The van der Waals surface area contributed by atoms with Crippen LogP contribution in [0.4, 0.5) is 5.13 Å². The zero-order valence-corrected chi connectivity index (χ0v) is 10.8. The number of nitrogens with one attached hydrogen (secondary N) is 1. The monoisotopic (exact) mass is 252 g/mol. The van der Waals surface area contributed by atoms with Gasteiger partial charge < -0.3 is 14.8 Å². The van der Waals surface area contributed by atoms with Gasteiger partial charge in [0, 0.05) is 20.8 Å². The molecule has 1 heterocycles. The molecule has 0 aliphatic carbocycles. The minimum Gasteiger partial charge on any atom is -0.382 e. The van der Waals surface area contributed by atoms with E-state index in [2.05, 4.69) is 16.4 Å². The number of thiazole rings is 1. The second-order valence-corrected chi connectivity index (χ2v) is 4.71. The third-order valence-electron chi connectivity index (χ3n) is 2.46. The summed E-state index contributed by atoms with van der Waals surface area (Å²) in [7, 11) is 3.35. The van der Waals surface area contributed by atoms with Gasteiger partial charge in [-0.1, -0.05) is 23.5 Å². The molecule has 0 amide bonds. The predicted molar refractivity (Wildman–Crippen MR) is 70.8 cm³/mol. The third kappa shape index (κ3) is 3.15. The van der Waals surface area contributed by atoms with Crippen LogP contribution in [0, 0.1) is 0 Å². The molecule has 92 valence electrons. The highest BCUT2D eigenvalue weighted by Gasteiger charge is 2.08. The van der Waals surface area contributed by atoms with Gasteiger partial charge in [-0.2, -0.15) is 0 Å². The van der Waals surface area contributed by atoms with Crippen LogP contribution in [0.25, 0.3) is 10.2 Å². The van der Waals surface area contributed by atoms with Crippen molar-refractivity contribution in [3.05, 3.63) is 24.3 Å². The predicted octanol–water partition coefficient (Wildman–Crippen LogP) is 2.37. The molecule has 5 heteroatoms. The van der Waals surface area contributed by atoms with Gasteiger partial charge in [0.25, 0.3) is 0 Å². The van der Waals surface area contributed by atoms with Gasteiger partial charge in [-0.3, -0.25) is 0 Å². The van der Waals surface area contributed by atoms with Gasteiger partial charge in [0.15, 0.2) is 5.13 Å². The van der Waals surface area contributed by atoms with Crippen molar-refractivity contribution in [2.24, 2.45) is 0 Å². The molecule has 1 N–H and O–H groups in total. The van der Waals surface area contributed by atoms with Crippen LogP contribution in [0.5, 0.6) is 0 Å². The molecule has 0 bridgehead atoms. The fourth-order valence-electron chi connectivity index (χ4n) is 1.55. The summed E-state index contributed by atoms with van der Waals surface area (Å²) in [5, 5.41) is 4.19. The van der Waals surface area contributed by atoms with Crippen LogP contribution in [-0.4, -0.2) is 38.5 Å². The van der Waals surface area contributed by atoms with Crippen LogP contribution in [-0.2, 0) is 9.47 Å². The van der Waals surface area contributed by atoms with Crippen LogP contribution < -0.4 is 5.32 Å². The first-order valence-corrected chi connectivity index (χ1v) is 6.26. The molecule has 0 fully saturated rings. The van der Waals surface area contributed by atoms with Crippen molar-refractivity contribution in [1.29, 1.82) is 0 Å². The van der Waals surface area contributed by atoms with Gasteiger partial charge in [-0.25, -0.2) is 4.98 Å². The average Bonchev–Trinajstić information content (AvgIpc) is 2.77. The van der Waals surface area contributed by atoms with Gasteiger partial charge in [0.1, 0.15) is 0 Å². The molecule has 0 aliphatic rings. The van der Waals surface area contributed by atoms with Gasteiger partial charge in [-0.15, -0.1) is 0 Å². The number of hydrogen-bond acceptors (Lipinski definition) is 5. The van der Waals surface area contributed by atoms with Crippen molar-refractivity contribution in [2.75, 3.05) is 32.7 Å². The van der Waals surface area contributed by atoms with E-state index in [0.29, 0.717) is 13.2 Å². The lowest BCUT2D eigenvalue weighted by atomic mass is 10.3. The van der Waals surface area contributed by atoms with E-state index in [4.69, 9.17) is 9.47 Å². The molecular weight excluding hydrogens is 236 g/mol. The number of nitrogens with zero attached hydrogens (tertiary/aromatic N) is 1. The molecule has 0 saturated carbocycles. The van der Waals surface area contributed by atoms with Crippen molar-refractivity contribution in [1.82, 2.24) is 4.98 Å². The smallest absolute Gasteiger partial charge is 0.183 e. The number of ether oxygens (including phenoxy) is 2. The molecule has 1 aromatic carbocycles. The maximum absolute atomic E-state index is 5.28. The Hall–Kier alpha value is -1.17. The van der Waals surface area contributed by atoms with E-state index in [-0.39, 0.29) is 6.10 Å². The summed E-state index contributed by atoms with van der Waals surface area (Å²) in [4.78, 5) is 4.49. The molecule has 0 aliphatic heterocycles. The van der Waals surface area contributed by atoms with Crippen molar-refractivity contribution < 1.29 is 9.47 Å². The summed E-state index contributed by atoms with van der Waals surface area (Å²) in [6, 6.07) is 8.10. The Bertz CT molecular complexity index is 439. The highest BCUT2D eigenvalue weighted by atomic mass is 32.1. The number of para-hydroxylation sites is 1. The fraction of sp³-hybridized carbons (Fsp3) is 0.417. The quantitative estimate of drug-likeness (QED) is 0.857. The molecular formula is C12H16N2O2S. The van der Waals surface area contributed by atoms with E-state index in [0.717, 1.165) is 10.6 Å². The number of methoxy groups -OCH3 is 2. The summed E-state index contributed by atoms with van der Waals surface area (Å²) in [5.74, 6) is 0. The largest absolute Gasteiger partial charge is 0.382 e. The number of fused-ring (bicyclic) bond motifs is 1. The number of rotatable bonds is 6. The van der Waals surface area contributed by atoms with Gasteiger partial charge in [0.2, 0.25) is 0 Å². The van der Waals surface area contributed by atoms with Crippen molar-refractivity contribution >= 4 is 26.7 Å². The molecule has 0 spiro atoms. The first-order valence-electron chi connectivity index (χ1n) is 5.44. The normalized spacial score (nSPS) is 12.8. The standard InChI is InChI=1S/C12H16N2O2S/c1-15-8-9(16-2)7-13-12-14-10-5-3-4-6-11(10)17-12/h3-6,9H,7-8H2,1-2H3,(H,13,14). The summed E-state index contributed by atoms with van der Waals surface area (Å²) in [6.07, 6.45) is 0.0482. The lowest BCUT2D eigenvalue weighted by molar-refractivity contribution is 0.0365. The molecule has 0 radical (unpaired) electrons. The first-order chi connectivity index (χ1) is 8.33. The SMILES string of the molecule is COCC(CNc1nc2ccccc2s1)OC. The van der Waals surface area contributed by atoms with Crippen molar-refractivity contribution in [2.45, 2.75) is 6.10 Å². The van der Waals surface area contributed by atoms with E-state index in [1.807, 2.05) is 18.2 Å². The van der Waals surface area contributed by atoms with Gasteiger partial charge in [-0.05, 0) is 12.1 Å². The Morgan fingerprint density at radius 2 is 2.18 bits per heavy atom. The van der Waals surface area contributed by atoms with Crippen LogP contribution in [0.1, 0.15) is 0 Å². The third-order valence-corrected chi connectivity index (χ3v) is 3.45. The van der Waals surface area contributed by atoms with E-state index in [9.17, 15) is 0 Å². The molecule has 1 aromatic heterocycles. The average molecular weight is 252 g/mol. The van der Waals surface area contributed by atoms with Gasteiger partial charge in [0.05, 0.1) is 22.9 Å². The van der Waals surface area contributed by atoms with Crippen molar-refractivity contribution in [3.8, 4) is 0 Å². The molecule has 2 rings (SSSR count). The summed E-state index contributed by atoms with van der Waals surface area (Å²) in [5.41, 5.74) is 1.03. The topological polar surface area (TPSA) is 43.4 Å². The minimum atomic E-state index is 0.0482. The molecule has 4 nitrogen and oxygen atoms in total. The number of aromatic nitrogens is 1. The maximum Gasteiger partial charge on any atom is 0.183 e. The molecule has 2 aromatic rings. The van der Waals surface area contributed by atoms with Gasteiger partial charge >= 0.3 is 0 Å². The van der Waals surface area contributed by atoms with Crippen LogP contribution in [0.15, 0.2) is 24.3 Å². The summed E-state index contributed by atoms with van der Waals surface area (Å²) >= 11 is 1.65. The first kappa shape index (κ1) is 12.3.